The van der Waals surface area contributed by atoms with Crippen LogP contribution in [-0.2, 0) is 38.1 Å². The van der Waals surface area contributed by atoms with Gasteiger partial charge in [-0.25, -0.2) is 0 Å². The van der Waals surface area contributed by atoms with Gasteiger partial charge in [0.05, 0.1) is 51.1 Å². The average Bonchev–Trinajstić information content (AvgIpc) is 2.86. The molecular formula is C12H14O8. The summed E-state index contributed by atoms with van der Waals surface area (Å²) in [6.07, 6.45) is 0.0748. The van der Waals surface area contributed by atoms with E-state index in [9.17, 15) is 19.2 Å². The molecule has 2 unspecified atom stereocenters. The number of hydrogen-bond acceptors (Lipinski definition) is 8. The molecule has 0 radical (unpaired) electrons. The van der Waals surface area contributed by atoms with Crippen LogP contribution in [0.2, 0.25) is 0 Å². The molecule has 2 heterocycles. The van der Waals surface area contributed by atoms with E-state index in [0.29, 0.717) is 0 Å². The van der Waals surface area contributed by atoms with Crippen molar-refractivity contribution in [2.75, 3.05) is 26.4 Å². The van der Waals surface area contributed by atoms with E-state index in [1.54, 1.807) is 0 Å². The SMILES string of the molecule is O=C1CC(COCCOCC2CC(=O)OC2=O)C(=O)O1. The van der Waals surface area contributed by atoms with Crippen molar-refractivity contribution >= 4 is 23.9 Å². The quantitative estimate of drug-likeness (QED) is 0.340. The summed E-state index contributed by atoms with van der Waals surface area (Å²) in [6, 6.07) is 0. The average molecular weight is 286 g/mol. The van der Waals surface area contributed by atoms with Gasteiger partial charge in [0.25, 0.3) is 0 Å². The fourth-order valence-corrected chi connectivity index (χ4v) is 1.87. The largest absolute Gasteiger partial charge is 0.393 e. The number of rotatable bonds is 7. The molecule has 8 nitrogen and oxygen atoms in total. The molecule has 0 aromatic rings. The lowest BCUT2D eigenvalue weighted by molar-refractivity contribution is -0.155. The monoisotopic (exact) mass is 286 g/mol. The summed E-state index contributed by atoms with van der Waals surface area (Å²) < 4.78 is 19.1. The number of carbonyl (C=O) groups excluding carboxylic acids is 4. The van der Waals surface area contributed by atoms with Gasteiger partial charge in [-0.3, -0.25) is 19.2 Å². The van der Waals surface area contributed by atoms with Crippen molar-refractivity contribution in [3.63, 3.8) is 0 Å². The van der Waals surface area contributed by atoms with Gasteiger partial charge in [-0.1, -0.05) is 0 Å². The summed E-state index contributed by atoms with van der Waals surface area (Å²) in [7, 11) is 0. The van der Waals surface area contributed by atoms with Gasteiger partial charge in [-0.2, -0.15) is 0 Å². The van der Waals surface area contributed by atoms with Crippen molar-refractivity contribution in [2.24, 2.45) is 11.8 Å². The minimum atomic E-state index is -0.567. The second kappa shape index (κ2) is 6.58. The van der Waals surface area contributed by atoms with E-state index in [-0.39, 0.29) is 39.3 Å². The standard InChI is InChI=1S/C12H14O8/c13-9-3-7(11(15)19-9)5-17-1-2-18-6-8-4-10(14)20-12(8)16/h7-8H,1-6H2. The van der Waals surface area contributed by atoms with Crippen LogP contribution in [0.4, 0.5) is 0 Å². The lowest BCUT2D eigenvalue weighted by Gasteiger charge is -2.08. The first kappa shape index (κ1) is 14.6. The molecule has 0 spiro atoms. The molecule has 2 fully saturated rings. The first-order valence-electron chi connectivity index (χ1n) is 6.21. The Bertz CT molecular complexity index is 389. The third kappa shape index (κ3) is 3.84. The molecule has 2 aliphatic heterocycles. The molecule has 8 heteroatoms. The molecule has 0 N–H and O–H groups in total. The minimum absolute atomic E-state index is 0.0374. The molecule has 0 aromatic heterocycles. The highest BCUT2D eigenvalue weighted by Gasteiger charge is 2.34. The molecule has 0 aliphatic carbocycles. The van der Waals surface area contributed by atoms with Crippen LogP contribution in [0.3, 0.4) is 0 Å². The highest BCUT2D eigenvalue weighted by Crippen LogP contribution is 2.17. The Morgan fingerprint density at radius 3 is 1.50 bits per heavy atom. The van der Waals surface area contributed by atoms with E-state index in [1.807, 2.05) is 0 Å². The molecule has 0 aromatic carbocycles. The van der Waals surface area contributed by atoms with E-state index in [1.165, 1.54) is 0 Å². The molecule has 0 bridgehead atoms. The predicted octanol–water partition coefficient (Wildman–Crippen LogP) is -0.801. The third-order valence-electron chi connectivity index (χ3n) is 2.93. The zero-order chi connectivity index (χ0) is 14.5. The van der Waals surface area contributed by atoms with E-state index >= 15 is 0 Å². The van der Waals surface area contributed by atoms with Gasteiger partial charge in [0.1, 0.15) is 0 Å². The molecule has 2 atom stereocenters. The molecule has 0 saturated carbocycles. The summed E-state index contributed by atoms with van der Waals surface area (Å²) in [5.41, 5.74) is 0. The first-order chi connectivity index (χ1) is 9.56. The van der Waals surface area contributed by atoms with Gasteiger partial charge in [0, 0.05) is 0 Å². The lowest BCUT2D eigenvalue weighted by Crippen LogP contribution is -2.19. The number of hydrogen-bond donors (Lipinski definition) is 0. The van der Waals surface area contributed by atoms with Crippen molar-refractivity contribution in [2.45, 2.75) is 12.8 Å². The van der Waals surface area contributed by atoms with Crippen LogP contribution in [0.5, 0.6) is 0 Å². The molecule has 2 aliphatic rings. The van der Waals surface area contributed by atoms with Crippen LogP contribution in [-0.4, -0.2) is 50.3 Å². The predicted molar refractivity (Wildman–Crippen MR) is 60.1 cm³/mol. The molecule has 20 heavy (non-hydrogen) atoms. The third-order valence-corrected chi connectivity index (χ3v) is 2.93. The van der Waals surface area contributed by atoms with Crippen molar-refractivity contribution in [3.05, 3.63) is 0 Å². The molecule has 110 valence electrons. The van der Waals surface area contributed by atoms with Crippen LogP contribution in [0, 0.1) is 11.8 Å². The second-order valence-electron chi connectivity index (χ2n) is 4.54. The van der Waals surface area contributed by atoms with Crippen LogP contribution in [0.25, 0.3) is 0 Å². The molecule has 2 rings (SSSR count). The summed E-state index contributed by atoms with van der Waals surface area (Å²) >= 11 is 0. The fraction of sp³-hybridized carbons (Fsp3) is 0.667. The normalized spacial score (nSPS) is 26.0. The Labute approximate surface area is 114 Å². The summed E-state index contributed by atoms with van der Waals surface area (Å²) in [5.74, 6) is -3.31. The Kier molecular flexibility index (Phi) is 4.80. The zero-order valence-electron chi connectivity index (χ0n) is 10.7. The maximum atomic E-state index is 11.1. The van der Waals surface area contributed by atoms with Gasteiger partial charge < -0.3 is 18.9 Å². The fourth-order valence-electron chi connectivity index (χ4n) is 1.87. The number of ether oxygens (including phenoxy) is 4. The van der Waals surface area contributed by atoms with Gasteiger partial charge in [-0.05, 0) is 0 Å². The van der Waals surface area contributed by atoms with Crippen molar-refractivity contribution in [3.8, 4) is 0 Å². The Morgan fingerprint density at radius 1 is 0.800 bits per heavy atom. The maximum absolute atomic E-state index is 11.1. The lowest BCUT2D eigenvalue weighted by atomic mass is 10.1. The van der Waals surface area contributed by atoms with Gasteiger partial charge in [0.15, 0.2) is 0 Å². The minimum Gasteiger partial charge on any atom is -0.393 e. The summed E-state index contributed by atoms with van der Waals surface area (Å²) in [6.45, 7) is 0.622. The Hall–Kier alpha value is -1.80. The van der Waals surface area contributed by atoms with Crippen molar-refractivity contribution < 1.29 is 38.1 Å². The summed E-state index contributed by atoms with van der Waals surface area (Å²) in [4.78, 5) is 43.8. The van der Waals surface area contributed by atoms with Crippen LogP contribution < -0.4 is 0 Å². The van der Waals surface area contributed by atoms with Crippen LogP contribution >= 0.6 is 0 Å². The number of esters is 4. The van der Waals surface area contributed by atoms with Crippen LogP contribution in [0.15, 0.2) is 0 Å². The highest BCUT2D eigenvalue weighted by atomic mass is 16.6. The smallest absolute Gasteiger partial charge is 0.319 e. The molecule has 0 amide bonds. The second-order valence-corrected chi connectivity index (χ2v) is 4.54. The van der Waals surface area contributed by atoms with Gasteiger partial charge in [-0.15, -0.1) is 0 Å². The summed E-state index contributed by atoms with van der Waals surface area (Å²) in [5, 5.41) is 0. The van der Waals surface area contributed by atoms with E-state index < -0.39 is 35.7 Å². The Morgan fingerprint density at radius 2 is 1.20 bits per heavy atom. The Balaban J connectivity index is 1.52. The van der Waals surface area contributed by atoms with E-state index in [0.717, 1.165) is 0 Å². The highest BCUT2D eigenvalue weighted by molar-refractivity contribution is 5.95. The van der Waals surface area contributed by atoms with E-state index in [4.69, 9.17) is 9.47 Å². The zero-order valence-corrected chi connectivity index (χ0v) is 10.7. The number of carbonyl (C=O) groups is 4. The topological polar surface area (TPSA) is 105 Å². The van der Waals surface area contributed by atoms with Crippen LogP contribution in [0.1, 0.15) is 12.8 Å². The van der Waals surface area contributed by atoms with Gasteiger partial charge in [0.2, 0.25) is 0 Å². The molecule has 2 saturated heterocycles. The molecular weight excluding hydrogens is 272 g/mol. The van der Waals surface area contributed by atoms with Crippen molar-refractivity contribution in [1.29, 1.82) is 0 Å². The number of cyclic esters (lactones) is 4. The van der Waals surface area contributed by atoms with Crippen molar-refractivity contribution in [1.82, 2.24) is 0 Å². The first-order valence-corrected chi connectivity index (χ1v) is 6.21. The maximum Gasteiger partial charge on any atom is 0.319 e. The van der Waals surface area contributed by atoms with E-state index in [2.05, 4.69) is 9.47 Å². The van der Waals surface area contributed by atoms with Gasteiger partial charge >= 0.3 is 23.9 Å².